The third-order valence-corrected chi connectivity index (χ3v) is 5.38. The summed E-state index contributed by atoms with van der Waals surface area (Å²) in [6, 6.07) is 1.69. The second-order valence-electron chi connectivity index (χ2n) is 5.26. The van der Waals surface area contributed by atoms with Crippen LogP contribution in [0.5, 0.6) is 0 Å². The number of halogens is 1. The van der Waals surface area contributed by atoms with E-state index in [4.69, 9.17) is 11.6 Å². The summed E-state index contributed by atoms with van der Waals surface area (Å²) in [5.41, 5.74) is 2.76. The van der Waals surface area contributed by atoms with Crippen molar-refractivity contribution in [2.45, 2.75) is 31.1 Å². The smallest absolute Gasteiger partial charge is 0.275 e. The van der Waals surface area contributed by atoms with Gasteiger partial charge in [-0.15, -0.1) is 0 Å². The van der Waals surface area contributed by atoms with Crippen molar-refractivity contribution in [1.29, 1.82) is 0 Å². The zero-order chi connectivity index (χ0) is 17.3. The Morgan fingerprint density at radius 2 is 2.08 bits per heavy atom. The number of carbonyl (C=O) groups excluding carboxylic acids is 1. The van der Waals surface area contributed by atoms with Crippen molar-refractivity contribution < 1.29 is 13.2 Å². The normalized spacial score (nSPS) is 13.4. The Kier molecular flexibility index (Phi) is 4.37. The van der Waals surface area contributed by atoms with E-state index in [1.165, 1.54) is 18.3 Å². The summed E-state index contributed by atoms with van der Waals surface area (Å²) in [5.74, 6) is 0.0677. The van der Waals surface area contributed by atoms with Gasteiger partial charge in [0.25, 0.3) is 10.0 Å². The number of sulfonamides is 1. The summed E-state index contributed by atoms with van der Waals surface area (Å²) in [4.78, 5) is 23.8. The minimum Gasteiger partial charge on any atom is -0.275 e. The first-order chi connectivity index (χ1) is 11.4. The Balaban J connectivity index is 1.77. The summed E-state index contributed by atoms with van der Waals surface area (Å²) < 4.78 is 26.2. The van der Waals surface area contributed by atoms with Gasteiger partial charge in [0.15, 0.2) is 0 Å². The number of hydrogen-bond acceptors (Lipinski definition) is 6. The molecular formula is C14H14ClN5O3S. The molecule has 1 aliphatic rings. The van der Waals surface area contributed by atoms with E-state index in [1.807, 2.05) is 11.6 Å². The number of aryl methyl sites for hydroxylation is 2. The van der Waals surface area contributed by atoms with Gasteiger partial charge < -0.3 is 0 Å². The lowest BCUT2D eigenvalue weighted by Crippen LogP contribution is -2.35. The average molecular weight is 368 g/mol. The number of rotatable bonds is 3. The fourth-order valence-corrected chi connectivity index (χ4v) is 3.91. The largest absolute Gasteiger partial charge is 0.335 e. The standard InChI is InChI=1S/C14H14ClN5O3S/c1-8-9-4-2-5-10(9)18-13(17-8)19-14(21)20-24(22,23)11-6-3-7-16-12(11)15/h3,6-7H,2,4-5H2,1H3,(H2,17,18,19,20,21). The number of urea groups is 1. The highest BCUT2D eigenvalue weighted by atomic mass is 35.5. The van der Waals surface area contributed by atoms with E-state index in [0.717, 1.165) is 36.2 Å². The van der Waals surface area contributed by atoms with E-state index in [9.17, 15) is 13.2 Å². The van der Waals surface area contributed by atoms with Crippen LogP contribution in [0.2, 0.25) is 5.15 Å². The molecule has 0 unspecified atom stereocenters. The number of anilines is 1. The summed E-state index contributed by atoms with van der Waals surface area (Å²) in [6.45, 7) is 1.83. The van der Waals surface area contributed by atoms with Gasteiger partial charge in [-0.1, -0.05) is 11.6 Å². The minimum absolute atomic E-state index is 0.0677. The van der Waals surface area contributed by atoms with E-state index in [2.05, 4.69) is 20.3 Å². The lowest BCUT2D eigenvalue weighted by molar-refractivity contribution is 0.256. The SMILES string of the molecule is Cc1nc(NC(=O)NS(=O)(=O)c2cccnc2Cl)nc2c1CCC2. The maximum Gasteiger partial charge on any atom is 0.335 e. The molecule has 1 aliphatic carbocycles. The average Bonchev–Trinajstić information content (AvgIpc) is 2.95. The lowest BCUT2D eigenvalue weighted by Gasteiger charge is -2.10. The van der Waals surface area contributed by atoms with Crippen molar-refractivity contribution in [1.82, 2.24) is 19.7 Å². The van der Waals surface area contributed by atoms with Gasteiger partial charge in [-0.05, 0) is 43.9 Å². The van der Waals surface area contributed by atoms with Crippen molar-refractivity contribution >= 4 is 33.6 Å². The fourth-order valence-electron chi connectivity index (χ4n) is 2.55. The number of aromatic nitrogens is 3. The summed E-state index contributed by atoms with van der Waals surface area (Å²) >= 11 is 5.75. The monoisotopic (exact) mass is 367 g/mol. The first-order valence-corrected chi connectivity index (χ1v) is 9.03. The Labute approximate surface area is 143 Å². The van der Waals surface area contributed by atoms with Crippen LogP contribution in [0.25, 0.3) is 0 Å². The van der Waals surface area contributed by atoms with Crippen LogP contribution in [0, 0.1) is 6.92 Å². The molecule has 0 saturated heterocycles. The number of nitrogens with one attached hydrogen (secondary N) is 2. The Hall–Kier alpha value is -2.26. The van der Waals surface area contributed by atoms with Gasteiger partial charge in [0.1, 0.15) is 10.0 Å². The van der Waals surface area contributed by atoms with Gasteiger partial charge >= 0.3 is 6.03 Å². The summed E-state index contributed by atoms with van der Waals surface area (Å²) in [6.07, 6.45) is 4.08. The first kappa shape index (κ1) is 16.6. The van der Waals surface area contributed by atoms with Gasteiger partial charge in [-0.25, -0.2) is 32.9 Å². The third kappa shape index (κ3) is 3.31. The second kappa shape index (κ2) is 6.33. The molecule has 2 aromatic rings. The molecule has 2 heterocycles. The molecule has 0 saturated carbocycles. The molecule has 0 aromatic carbocycles. The number of amides is 2. The van der Waals surface area contributed by atoms with Crippen molar-refractivity contribution in [3.05, 3.63) is 40.4 Å². The third-order valence-electron chi connectivity index (χ3n) is 3.61. The van der Waals surface area contributed by atoms with E-state index < -0.39 is 16.1 Å². The van der Waals surface area contributed by atoms with Crippen LogP contribution in [0.3, 0.4) is 0 Å². The number of fused-ring (bicyclic) bond motifs is 1. The molecule has 0 atom stereocenters. The zero-order valence-corrected chi connectivity index (χ0v) is 14.3. The number of hydrogen-bond donors (Lipinski definition) is 2. The van der Waals surface area contributed by atoms with Crippen molar-refractivity contribution in [2.24, 2.45) is 0 Å². The molecular weight excluding hydrogens is 354 g/mol. The fraction of sp³-hybridized carbons (Fsp3) is 0.286. The number of carbonyl (C=O) groups is 1. The molecule has 126 valence electrons. The second-order valence-corrected chi connectivity index (χ2v) is 7.27. The van der Waals surface area contributed by atoms with Crippen LogP contribution in [0.4, 0.5) is 10.7 Å². The summed E-state index contributed by atoms with van der Waals surface area (Å²) in [5, 5.41) is 2.12. The molecule has 24 heavy (non-hydrogen) atoms. The molecule has 0 radical (unpaired) electrons. The number of nitrogens with zero attached hydrogens (tertiary/aromatic N) is 3. The lowest BCUT2D eigenvalue weighted by atomic mass is 10.2. The van der Waals surface area contributed by atoms with Gasteiger partial charge in [0.05, 0.1) is 0 Å². The highest BCUT2D eigenvalue weighted by Crippen LogP contribution is 2.23. The first-order valence-electron chi connectivity index (χ1n) is 7.17. The van der Waals surface area contributed by atoms with Crippen molar-refractivity contribution in [3.8, 4) is 0 Å². The van der Waals surface area contributed by atoms with Crippen LogP contribution in [-0.2, 0) is 22.9 Å². The quantitative estimate of drug-likeness (QED) is 0.800. The molecule has 3 rings (SSSR count). The van der Waals surface area contributed by atoms with Gasteiger partial charge in [0, 0.05) is 17.6 Å². The zero-order valence-electron chi connectivity index (χ0n) is 12.7. The van der Waals surface area contributed by atoms with Crippen LogP contribution in [-0.4, -0.2) is 29.4 Å². The van der Waals surface area contributed by atoms with E-state index in [0.29, 0.717) is 0 Å². The molecule has 0 fully saturated rings. The van der Waals surface area contributed by atoms with E-state index in [-0.39, 0.29) is 16.0 Å². The molecule has 10 heteroatoms. The molecule has 2 N–H and O–H groups in total. The number of pyridine rings is 1. The molecule has 0 bridgehead atoms. The minimum atomic E-state index is -4.14. The topological polar surface area (TPSA) is 114 Å². The molecule has 0 spiro atoms. The van der Waals surface area contributed by atoms with E-state index >= 15 is 0 Å². The Morgan fingerprint density at radius 3 is 2.83 bits per heavy atom. The van der Waals surface area contributed by atoms with E-state index in [1.54, 1.807) is 0 Å². The Bertz CT molecular complexity index is 917. The predicted molar refractivity (Wildman–Crippen MR) is 87.4 cm³/mol. The predicted octanol–water partition coefficient (Wildman–Crippen LogP) is 1.83. The van der Waals surface area contributed by atoms with Gasteiger partial charge in [-0.2, -0.15) is 0 Å². The maximum absolute atomic E-state index is 12.2. The highest BCUT2D eigenvalue weighted by molar-refractivity contribution is 7.90. The molecule has 0 aliphatic heterocycles. The highest BCUT2D eigenvalue weighted by Gasteiger charge is 2.23. The van der Waals surface area contributed by atoms with Gasteiger partial charge in [-0.3, -0.25) is 5.32 Å². The van der Waals surface area contributed by atoms with Gasteiger partial charge in [0.2, 0.25) is 5.95 Å². The summed E-state index contributed by atoms with van der Waals surface area (Å²) in [7, 11) is -4.14. The molecule has 2 aromatic heterocycles. The van der Waals surface area contributed by atoms with Crippen molar-refractivity contribution in [3.63, 3.8) is 0 Å². The Morgan fingerprint density at radius 1 is 1.29 bits per heavy atom. The van der Waals surface area contributed by atoms with Crippen LogP contribution >= 0.6 is 11.6 Å². The molecule has 8 nitrogen and oxygen atoms in total. The maximum atomic E-state index is 12.2. The van der Waals surface area contributed by atoms with Crippen molar-refractivity contribution in [2.75, 3.05) is 5.32 Å². The van der Waals surface area contributed by atoms with Crippen LogP contribution in [0.1, 0.15) is 23.4 Å². The van der Waals surface area contributed by atoms with Crippen LogP contribution < -0.4 is 10.0 Å². The van der Waals surface area contributed by atoms with Crippen LogP contribution in [0.15, 0.2) is 23.2 Å². The molecule has 2 amide bonds.